The molecule has 2 aromatic carbocycles. The summed E-state index contributed by atoms with van der Waals surface area (Å²) in [5.41, 5.74) is 2.56. The van der Waals surface area contributed by atoms with Gasteiger partial charge in [0.2, 0.25) is 0 Å². The Hall–Kier alpha value is -3.66. The molecule has 10 heteroatoms. The van der Waals surface area contributed by atoms with Gasteiger partial charge in [-0.2, -0.15) is 9.97 Å². The van der Waals surface area contributed by atoms with Crippen LogP contribution in [-0.4, -0.2) is 76.6 Å². The Morgan fingerprint density at radius 2 is 1.84 bits per heavy atom. The largest absolute Gasteiger partial charge is 0.461 e. The van der Waals surface area contributed by atoms with Crippen LogP contribution in [0.25, 0.3) is 22.0 Å². The first kappa shape index (κ1) is 29.1. The SMILES string of the molecule is C=C(F)C(=O)N1CCN(c2nc(OCC34CCCN3CCC4)nc3c(F)c(-c4cccc5c4CCCC5)c(F)cc23)[C@@H](C)C1. The van der Waals surface area contributed by atoms with Crippen LogP contribution in [0.3, 0.4) is 0 Å². The number of piperazine rings is 1. The van der Waals surface area contributed by atoms with Gasteiger partial charge in [-0.3, -0.25) is 9.69 Å². The molecule has 4 heterocycles. The summed E-state index contributed by atoms with van der Waals surface area (Å²) in [6.45, 7) is 8.21. The Bertz CT molecular complexity index is 1640. The Morgan fingerprint density at radius 3 is 2.59 bits per heavy atom. The number of aryl methyl sites for hydroxylation is 1. The van der Waals surface area contributed by atoms with Gasteiger partial charge in [-0.25, -0.2) is 13.2 Å². The van der Waals surface area contributed by atoms with Crippen LogP contribution < -0.4 is 9.64 Å². The minimum Gasteiger partial charge on any atom is -0.461 e. The molecule has 1 aliphatic carbocycles. The third-order valence-electron chi connectivity index (χ3n) is 10.2. The molecule has 7 rings (SSSR count). The van der Waals surface area contributed by atoms with Gasteiger partial charge in [-0.1, -0.05) is 24.8 Å². The second-order valence-electron chi connectivity index (χ2n) is 12.8. The summed E-state index contributed by atoms with van der Waals surface area (Å²) in [7, 11) is 0. The predicted octanol–water partition coefficient (Wildman–Crippen LogP) is 5.98. The van der Waals surface area contributed by atoms with Crippen LogP contribution in [-0.2, 0) is 17.6 Å². The number of halogens is 3. The molecule has 0 unspecified atom stereocenters. The molecule has 3 saturated heterocycles. The van der Waals surface area contributed by atoms with Crippen LogP contribution in [0, 0.1) is 11.6 Å². The van der Waals surface area contributed by atoms with E-state index in [1.807, 2.05) is 24.0 Å². The van der Waals surface area contributed by atoms with Crippen LogP contribution in [0.5, 0.6) is 6.01 Å². The molecule has 1 atom stereocenters. The summed E-state index contributed by atoms with van der Waals surface area (Å²) in [6, 6.07) is 6.77. The highest BCUT2D eigenvalue weighted by Gasteiger charge is 2.45. The fourth-order valence-corrected chi connectivity index (χ4v) is 7.99. The first-order chi connectivity index (χ1) is 21.3. The van der Waals surface area contributed by atoms with E-state index in [9.17, 15) is 9.18 Å². The van der Waals surface area contributed by atoms with Crippen molar-refractivity contribution in [1.29, 1.82) is 0 Å². The molecule has 232 valence electrons. The fraction of sp³-hybridized carbons (Fsp3) is 0.500. The lowest BCUT2D eigenvalue weighted by Crippen LogP contribution is -2.54. The molecule has 0 radical (unpaired) electrons. The van der Waals surface area contributed by atoms with Gasteiger partial charge in [0.1, 0.15) is 23.8 Å². The summed E-state index contributed by atoms with van der Waals surface area (Å²) in [5.74, 6) is -2.83. The van der Waals surface area contributed by atoms with Crippen molar-refractivity contribution in [2.45, 2.75) is 69.9 Å². The number of hydrogen-bond donors (Lipinski definition) is 0. The van der Waals surface area contributed by atoms with Gasteiger partial charge in [0.25, 0.3) is 5.91 Å². The lowest BCUT2D eigenvalue weighted by Gasteiger charge is -2.40. The summed E-state index contributed by atoms with van der Waals surface area (Å²) >= 11 is 0. The number of benzene rings is 2. The summed E-state index contributed by atoms with van der Waals surface area (Å²) in [6.07, 6.45) is 7.99. The Morgan fingerprint density at radius 1 is 1.07 bits per heavy atom. The molecule has 0 saturated carbocycles. The van der Waals surface area contributed by atoms with Gasteiger partial charge in [-0.15, -0.1) is 0 Å². The first-order valence-electron chi connectivity index (χ1n) is 15.8. The predicted molar refractivity (Wildman–Crippen MR) is 163 cm³/mol. The van der Waals surface area contributed by atoms with Gasteiger partial charge in [0, 0.05) is 31.1 Å². The Labute approximate surface area is 255 Å². The van der Waals surface area contributed by atoms with Gasteiger partial charge in [-0.05, 0) is 94.1 Å². The number of ether oxygens (including phenoxy) is 1. The van der Waals surface area contributed by atoms with Crippen LogP contribution in [0.1, 0.15) is 56.6 Å². The molecule has 3 aromatic rings. The number of anilines is 1. The Balaban J connectivity index is 1.32. The van der Waals surface area contributed by atoms with E-state index in [2.05, 4.69) is 16.5 Å². The molecular formula is C34H38F3N5O2. The van der Waals surface area contributed by atoms with Gasteiger partial charge in [0.05, 0.1) is 11.1 Å². The quantitative estimate of drug-likeness (QED) is 0.322. The monoisotopic (exact) mass is 605 g/mol. The van der Waals surface area contributed by atoms with Gasteiger partial charge in [0.15, 0.2) is 11.6 Å². The first-order valence-corrected chi connectivity index (χ1v) is 15.8. The third-order valence-corrected chi connectivity index (χ3v) is 10.2. The molecule has 1 amide bonds. The number of nitrogens with zero attached hydrogens (tertiary/aromatic N) is 5. The molecule has 0 spiro atoms. The van der Waals surface area contributed by atoms with Crippen LogP contribution in [0.4, 0.5) is 19.0 Å². The van der Waals surface area contributed by atoms with E-state index in [0.29, 0.717) is 24.5 Å². The van der Waals surface area contributed by atoms with Crippen LogP contribution in [0.2, 0.25) is 0 Å². The second kappa shape index (κ2) is 11.4. The van der Waals surface area contributed by atoms with Crippen molar-refractivity contribution < 1.29 is 22.7 Å². The van der Waals surface area contributed by atoms with E-state index < -0.39 is 23.4 Å². The molecule has 3 aliphatic heterocycles. The minimum atomic E-state index is -1.01. The average molecular weight is 606 g/mol. The van der Waals surface area contributed by atoms with Gasteiger partial charge >= 0.3 is 6.01 Å². The highest BCUT2D eigenvalue weighted by atomic mass is 19.1. The normalized spacial score (nSPS) is 21.4. The van der Waals surface area contributed by atoms with E-state index in [1.54, 1.807) is 6.07 Å². The standard InChI is InChI=1S/C34H38F3N5O2/c1-21-19-40(32(43)22(2)35)16-17-42(21)31-26-18-27(36)28(25-11-5-9-23-8-3-4-10-24(23)25)29(37)30(26)38-33(39-31)44-20-34-12-6-14-41(34)15-7-13-34/h5,9,11,18,21H,2-4,6-8,10,12-17,19-20H2,1H3/t21-/m0/s1. The smallest absolute Gasteiger partial charge is 0.319 e. The van der Waals surface area contributed by atoms with Gasteiger partial charge < -0.3 is 14.5 Å². The zero-order valence-electron chi connectivity index (χ0n) is 25.2. The highest BCUT2D eigenvalue weighted by Crippen LogP contribution is 2.41. The van der Waals surface area contributed by atoms with Crippen molar-refractivity contribution in [3.63, 3.8) is 0 Å². The number of carbonyl (C=O) groups excluding carboxylic acids is 1. The molecule has 3 fully saturated rings. The maximum absolute atomic E-state index is 16.7. The summed E-state index contributed by atoms with van der Waals surface area (Å²) in [4.78, 5) is 27.4. The maximum atomic E-state index is 16.7. The number of aromatic nitrogens is 2. The minimum absolute atomic E-state index is 0.00449. The molecule has 0 bridgehead atoms. The van der Waals surface area contributed by atoms with E-state index >= 15 is 8.78 Å². The lowest BCUT2D eigenvalue weighted by molar-refractivity contribution is -0.129. The number of hydrogen-bond acceptors (Lipinski definition) is 6. The fourth-order valence-electron chi connectivity index (χ4n) is 7.99. The molecule has 0 N–H and O–H groups in total. The molecular weight excluding hydrogens is 567 g/mol. The zero-order chi connectivity index (χ0) is 30.6. The summed E-state index contributed by atoms with van der Waals surface area (Å²) < 4.78 is 52.7. The lowest BCUT2D eigenvalue weighted by atomic mass is 9.85. The Kier molecular flexibility index (Phi) is 7.51. The van der Waals surface area contributed by atoms with Crippen molar-refractivity contribution in [1.82, 2.24) is 19.8 Å². The van der Waals surface area contributed by atoms with Crippen molar-refractivity contribution in [2.75, 3.05) is 44.2 Å². The molecule has 1 aromatic heterocycles. The molecule has 4 aliphatic rings. The molecule has 44 heavy (non-hydrogen) atoms. The number of fused-ring (bicyclic) bond motifs is 3. The van der Waals surface area contributed by atoms with E-state index in [0.717, 1.165) is 75.6 Å². The van der Waals surface area contributed by atoms with Crippen molar-refractivity contribution >= 4 is 22.6 Å². The van der Waals surface area contributed by atoms with E-state index in [-0.39, 0.29) is 47.1 Å². The molecule has 7 nitrogen and oxygen atoms in total. The zero-order valence-corrected chi connectivity index (χ0v) is 25.2. The topological polar surface area (TPSA) is 61.8 Å². The highest BCUT2D eigenvalue weighted by molar-refractivity contribution is 5.95. The maximum Gasteiger partial charge on any atom is 0.319 e. The summed E-state index contributed by atoms with van der Waals surface area (Å²) in [5, 5.41) is 0.240. The van der Waals surface area contributed by atoms with Crippen molar-refractivity contribution in [3.05, 3.63) is 59.4 Å². The third kappa shape index (κ3) is 4.91. The van der Waals surface area contributed by atoms with Crippen LogP contribution >= 0.6 is 0 Å². The van der Waals surface area contributed by atoms with Crippen molar-refractivity contribution in [3.8, 4) is 17.1 Å². The number of rotatable bonds is 6. The average Bonchev–Trinajstić information content (AvgIpc) is 3.60. The number of carbonyl (C=O) groups is 1. The van der Waals surface area contributed by atoms with Crippen molar-refractivity contribution in [2.24, 2.45) is 0 Å². The van der Waals surface area contributed by atoms with E-state index in [4.69, 9.17) is 9.72 Å². The number of amides is 1. The van der Waals surface area contributed by atoms with E-state index in [1.165, 1.54) is 11.0 Å². The second-order valence-corrected chi connectivity index (χ2v) is 12.8. The van der Waals surface area contributed by atoms with Crippen LogP contribution in [0.15, 0.2) is 36.7 Å².